The van der Waals surface area contributed by atoms with Crippen LogP contribution in [0.25, 0.3) is 0 Å². The van der Waals surface area contributed by atoms with E-state index in [1.165, 1.54) is 0 Å². The van der Waals surface area contributed by atoms with Gasteiger partial charge >= 0.3 is 0 Å². The molecule has 2 aliphatic heterocycles. The van der Waals surface area contributed by atoms with Gasteiger partial charge in [0.15, 0.2) is 0 Å². The number of carbonyl (C=O) groups is 1. The Kier molecular flexibility index (Phi) is 4.97. The molecular formula is C13H26N4O. The zero-order valence-corrected chi connectivity index (χ0v) is 11.7. The fraction of sp³-hybridized carbons (Fsp3) is 0.923. The van der Waals surface area contributed by atoms with Crippen LogP contribution in [0.15, 0.2) is 0 Å². The molecule has 0 atom stereocenters. The molecular weight excluding hydrogens is 228 g/mol. The van der Waals surface area contributed by atoms with Crippen LogP contribution in [0.2, 0.25) is 0 Å². The third-order valence-corrected chi connectivity index (χ3v) is 3.98. The van der Waals surface area contributed by atoms with E-state index in [4.69, 9.17) is 0 Å². The maximum Gasteiger partial charge on any atom is 0.236 e. The minimum absolute atomic E-state index is 0.309. The number of nitrogens with one attached hydrogen (secondary N) is 1. The second kappa shape index (κ2) is 6.50. The van der Waals surface area contributed by atoms with Crippen LogP contribution in [0.5, 0.6) is 0 Å². The van der Waals surface area contributed by atoms with Crippen LogP contribution in [-0.2, 0) is 4.79 Å². The molecule has 0 radical (unpaired) electrons. The van der Waals surface area contributed by atoms with Gasteiger partial charge in [-0.05, 0) is 20.0 Å². The lowest BCUT2D eigenvalue weighted by molar-refractivity contribution is -0.134. The molecule has 2 fully saturated rings. The van der Waals surface area contributed by atoms with Crippen molar-refractivity contribution in [2.75, 3.05) is 59.4 Å². The second-order valence-corrected chi connectivity index (χ2v) is 5.47. The summed E-state index contributed by atoms with van der Waals surface area (Å²) in [4.78, 5) is 18.9. The van der Waals surface area contributed by atoms with Gasteiger partial charge in [-0.25, -0.2) is 0 Å². The number of nitrogens with zero attached hydrogens (tertiary/aromatic N) is 3. The molecule has 5 nitrogen and oxygen atoms in total. The average molecular weight is 254 g/mol. The Morgan fingerprint density at radius 3 is 2.44 bits per heavy atom. The van der Waals surface area contributed by atoms with E-state index >= 15 is 0 Å². The molecule has 104 valence electrons. The van der Waals surface area contributed by atoms with E-state index in [1.807, 2.05) is 4.90 Å². The Morgan fingerprint density at radius 1 is 1.28 bits per heavy atom. The molecule has 2 saturated heterocycles. The lowest BCUT2D eigenvalue weighted by Crippen LogP contribution is -2.60. The van der Waals surface area contributed by atoms with Gasteiger partial charge in [0, 0.05) is 45.3 Å². The highest BCUT2D eigenvalue weighted by Gasteiger charge is 2.27. The maximum atomic E-state index is 12.3. The van der Waals surface area contributed by atoms with Crippen LogP contribution in [0.1, 0.15) is 13.3 Å². The first kappa shape index (κ1) is 13.8. The first-order chi connectivity index (χ1) is 8.70. The molecule has 1 N–H and O–H groups in total. The van der Waals surface area contributed by atoms with Crippen molar-refractivity contribution in [3.05, 3.63) is 0 Å². The number of carbonyl (C=O) groups excluding carboxylic acids is 1. The third-order valence-electron chi connectivity index (χ3n) is 3.98. The number of likely N-dealkylation sites (N-methyl/N-ethyl adjacent to an activating group) is 1. The van der Waals surface area contributed by atoms with Gasteiger partial charge in [-0.1, -0.05) is 6.92 Å². The van der Waals surface area contributed by atoms with Crippen LogP contribution in [0.3, 0.4) is 0 Å². The van der Waals surface area contributed by atoms with Crippen molar-refractivity contribution in [1.29, 1.82) is 0 Å². The molecule has 0 saturated carbocycles. The zero-order valence-electron chi connectivity index (χ0n) is 11.7. The summed E-state index contributed by atoms with van der Waals surface area (Å²) in [6.45, 7) is 9.67. The molecule has 0 spiro atoms. The van der Waals surface area contributed by atoms with E-state index < -0.39 is 0 Å². The molecule has 0 aromatic carbocycles. The van der Waals surface area contributed by atoms with Gasteiger partial charge in [-0.2, -0.15) is 0 Å². The van der Waals surface area contributed by atoms with Gasteiger partial charge in [0.05, 0.1) is 6.54 Å². The van der Waals surface area contributed by atoms with E-state index in [9.17, 15) is 4.79 Å². The van der Waals surface area contributed by atoms with Crippen molar-refractivity contribution >= 4 is 5.91 Å². The summed E-state index contributed by atoms with van der Waals surface area (Å²) in [5.74, 6) is 0.309. The highest BCUT2D eigenvalue weighted by atomic mass is 16.2. The van der Waals surface area contributed by atoms with E-state index in [2.05, 4.69) is 29.1 Å². The predicted molar refractivity (Wildman–Crippen MR) is 72.6 cm³/mol. The fourth-order valence-electron chi connectivity index (χ4n) is 2.54. The van der Waals surface area contributed by atoms with Crippen molar-refractivity contribution < 1.29 is 4.79 Å². The summed E-state index contributed by atoms with van der Waals surface area (Å²) in [6, 6.07) is 0.571. The molecule has 5 heteroatoms. The van der Waals surface area contributed by atoms with Gasteiger partial charge in [0.2, 0.25) is 5.91 Å². The first-order valence-corrected chi connectivity index (χ1v) is 7.11. The van der Waals surface area contributed by atoms with Crippen molar-refractivity contribution in [1.82, 2.24) is 20.0 Å². The molecule has 0 aromatic heterocycles. The van der Waals surface area contributed by atoms with Crippen LogP contribution in [0.4, 0.5) is 0 Å². The van der Waals surface area contributed by atoms with Gasteiger partial charge in [0.1, 0.15) is 0 Å². The minimum atomic E-state index is 0.309. The van der Waals surface area contributed by atoms with Gasteiger partial charge in [-0.15, -0.1) is 0 Å². The van der Waals surface area contributed by atoms with Gasteiger partial charge < -0.3 is 15.1 Å². The SMILES string of the molecule is CCCN(CC(=O)N1CCN(C)CC1)C1CNC1. The average Bonchev–Trinajstić information content (AvgIpc) is 2.27. The molecule has 1 amide bonds. The van der Waals surface area contributed by atoms with Crippen molar-refractivity contribution in [2.24, 2.45) is 0 Å². The fourth-order valence-corrected chi connectivity index (χ4v) is 2.54. The Labute approximate surface area is 110 Å². The van der Waals surface area contributed by atoms with Crippen LogP contribution in [-0.4, -0.2) is 86.1 Å². The Morgan fingerprint density at radius 2 is 1.94 bits per heavy atom. The number of amides is 1. The number of hydrogen-bond acceptors (Lipinski definition) is 4. The van der Waals surface area contributed by atoms with Crippen molar-refractivity contribution in [3.63, 3.8) is 0 Å². The molecule has 0 unspecified atom stereocenters. The van der Waals surface area contributed by atoms with Crippen LogP contribution < -0.4 is 5.32 Å². The summed E-state index contributed by atoms with van der Waals surface area (Å²) >= 11 is 0. The van der Waals surface area contributed by atoms with Crippen molar-refractivity contribution in [3.8, 4) is 0 Å². The molecule has 18 heavy (non-hydrogen) atoms. The van der Waals surface area contributed by atoms with Crippen molar-refractivity contribution in [2.45, 2.75) is 19.4 Å². The second-order valence-electron chi connectivity index (χ2n) is 5.47. The summed E-state index contributed by atoms with van der Waals surface area (Å²) in [5, 5.41) is 3.29. The Balaban J connectivity index is 1.80. The van der Waals surface area contributed by atoms with E-state index in [0.29, 0.717) is 18.5 Å². The largest absolute Gasteiger partial charge is 0.339 e. The smallest absolute Gasteiger partial charge is 0.236 e. The summed E-state index contributed by atoms with van der Waals surface area (Å²) in [7, 11) is 2.12. The Bertz CT molecular complexity index is 272. The summed E-state index contributed by atoms with van der Waals surface area (Å²) < 4.78 is 0. The van der Waals surface area contributed by atoms with Crippen LogP contribution in [0, 0.1) is 0 Å². The molecule has 2 aliphatic rings. The molecule has 2 rings (SSSR count). The van der Waals surface area contributed by atoms with Crippen LogP contribution >= 0.6 is 0 Å². The lowest BCUT2D eigenvalue weighted by atomic mass is 10.1. The molecule has 0 bridgehead atoms. The highest BCUT2D eigenvalue weighted by molar-refractivity contribution is 5.78. The van der Waals surface area contributed by atoms with Gasteiger partial charge in [0.25, 0.3) is 0 Å². The monoisotopic (exact) mass is 254 g/mol. The van der Waals surface area contributed by atoms with Gasteiger partial charge in [-0.3, -0.25) is 9.69 Å². The minimum Gasteiger partial charge on any atom is -0.339 e. The predicted octanol–water partition coefficient (Wildman–Crippen LogP) is -0.556. The first-order valence-electron chi connectivity index (χ1n) is 7.11. The number of piperazine rings is 1. The number of hydrogen-bond donors (Lipinski definition) is 1. The van der Waals surface area contributed by atoms with E-state index in [-0.39, 0.29) is 0 Å². The quantitative estimate of drug-likeness (QED) is 0.714. The topological polar surface area (TPSA) is 38.8 Å². The standard InChI is InChI=1S/C13H26N4O/c1-3-4-17(12-9-14-10-12)11-13(18)16-7-5-15(2)6-8-16/h12,14H,3-11H2,1-2H3. The van der Waals surface area contributed by atoms with E-state index in [1.54, 1.807) is 0 Å². The lowest BCUT2D eigenvalue weighted by Gasteiger charge is -2.39. The Hall–Kier alpha value is -0.650. The highest BCUT2D eigenvalue weighted by Crippen LogP contribution is 2.08. The summed E-state index contributed by atoms with van der Waals surface area (Å²) in [5.41, 5.74) is 0. The molecule has 2 heterocycles. The molecule has 0 aliphatic carbocycles. The maximum absolute atomic E-state index is 12.3. The third kappa shape index (κ3) is 3.43. The summed E-state index contributed by atoms with van der Waals surface area (Å²) in [6.07, 6.45) is 1.12. The molecule has 0 aromatic rings. The zero-order chi connectivity index (χ0) is 13.0. The number of rotatable bonds is 5. The normalized spacial score (nSPS) is 22.3. The van der Waals surface area contributed by atoms with E-state index in [0.717, 1.165) is 52.2 Å².